The molecular formula is C13H19N3O3. The fourth-order valence-electron chi connectivity index (χ4n) is 1.46. The lowest BCUT2D eigenvalue weighted by atomic mass is 10.3. The van der Waals surface area contributed by atoms with Gasteiger partial charge in [0.1, 0.15) is 0 Å². The maximum atomic E-state index is 11.5. The topological polar surface area (TPSA) is 93.4 Å². The molecule has 1 aromatic rings. The van der Waals surface area contributed by atoms with E-state index in [1.807, 2.05) is 0 Å². The molecule has 0 saturated heterocycles. The molecule has 104 valence electrons. The van der Waals surface area contributed by atoms with Crippen LogP contribution < -0.4 is 16.4 Å². The number of hydrogen-bond donors (Lipinski definition) is 3. The van der Waals surface area contributed by atoms with Gasteiger partial charge in [0, 0.05) is 24.3 Å². The summed E-state index contributed by atoms with van der Waals surface area (Å²) in [4.78, 5) is 22.6. The van der Waals surface area contributed by atoms with Crippen LogP contribution in [0.3, 0.4) is 0 Å². The zero-order valence-corrected chi connectivity index (χ0v) is 10.9. The van der Waals surface area contributed by atoms with Gasteiger partial charge in [-0.2, -0.15) is 0 Å². The molecule has 2 amide bonds. The highest BCUT2D eigenvalue weighted by atomic mass is 16.5. The fraction of sp³-hybridized carbons (Fsp3) is 0.385. The molecule has 0 saturated carbocycles. The van der Waals surface area contributed by atoms with Gasteiger partial charge in [-0.3, -0.25) is 4.79 Å². The average Bonchev–Trinajstić information content (AvgIpc) is 2.35. The second-order valence-corrected chi connectivity index (χ2v) is 3.91. The van der Waals surface area contributed by atoms with Crippen molar-refractivity contribution in [2.75, 3.05) is 24.2 Å². The van der Waals surface area contributed by atoms with Gasteiger partial charge in [0.15, 0.2) is 0 Å². The Morgan fingerprint density at radius 3 is 2.84 bits per heavy atom. The number of anilines is 2. The van der Waals surface area contributed by atoms with E-state index in [9.17, 15) is 9.59 Å². The van der Waals surface area contributed by atoms with Crippen molar-refractivity contribution >= 4 is 23.4 Å². The molecule has 0 unspecified atom stereocenters. The van der Waals surface area contributed by atoms with Gasteiger partial charge in [-0.25, -0.2) is 4.79 Å². The minimum atomic E-state index is -0.325. The molecule has 19 heavy (non-hydrogen) atoms. The summed E-state index contributed by atoms with van der Waals surface area (Å²) in [5.74, 6) is -0.249. The van der Waals surface area contributed by atoms with Crippen molar-refractivity contribution in [3.05, 3.63) is 24.3 Å². The molecule has 0 bridgehead atoms. The third kappa shape index (κ3) is 6.30. The molecule has 1 aromatic carbocycles. The zero-order chi connectivity index (χ0) is 14.1. The minimum absolute atomic E-state index is 0.249. The van der Waals surface area contributed by atoms with E-state index >= 15 is 0 Å². The molecule has 0 aliphatic carbocycles. The van der Waals surface area contributed by atoms with Crippen molar-refractivity contribution in [1.29, 1.82) is 0 Å². The maximum Gasteiger partial charge on any atom is 0.319 e. The van der Waals surface area contributed by atoms with Crippen LogP contribution in [-0.4, -0.2) is 25.2 Å². The Balaban J connectivity index is 2.20. The van der Waals surface area contributed by atoms with Gasteiger partial charge in [-0.05, 0) is 31.5 Å². The molecule has 4 N–H and O–H groups in total. The first-order valence-corrected chi connectivity index (χ1v) is 6.18. The Hall–Kier alpha value is -2.24. The molecule has 0 aliphatic rings. The van der Waals surface area contributed by atoms with Crippen LogP contribution in [0.1, 0.15) is 19.8 Å². The van der Waals surface area contributed by atoms with E-state index in [2.05, 4.69) is 10.6 Å². The molecular weight excluding hydrogens is 246 g/mol. The van der Waals surface area contributed by atoms with Gasteiger partial charge in [0.25, 0.3) is 0 Å². The molecule has 1 rings (SSSR count). The number of esters is 1. The predicted molar refractivity (Wildman–Crippen MR) is 73.7 cm³/mol. The predicted octanol–water partition coefficient (Wildman–Crippen LogP) is 1.73. The third-order valence-corrected chi connectivity index (χ3v) is 2.29. The normalized spacial score (nSPS) is 9.74. The van der Waals surface area contributed by atoms with Crippen molar-refractivity contribution in [2.45, 2.75) is 19.8 Å². The van der Waals surface area contributed by atoms with Gasteiger partial charge in [-0.1, -0.05) is 6.07 Å². The summed E-state index contributed by atoms with van der Waals surface area (Å²) in [7, 11) is 0. The highest BCUT2D eigenvalue weighted by Gasteiger charge is 2.03. The van der Waals surface area contributed by atoms with Gasteiger partial charge in [0.05, 0.1) is 6.61 Å². The van der Waals surface area contributed by atoms with E-state index in [4.69, 9.17) is 10.5 Å². The number of rotatable bonds is 6. The summed E-state index contributed by atoms with van der Waals surface area (Å²) in [6, 6.07) is 6.58. The highest BCUT2D eigenvalue weighted by molar-refractivity contribution is 5.89. The maximum absolute atomic E-state index is 11.5. The number of ether oxygens (including phenoxy) is 1. The van der Waals surface area contributed by atoms with E-state index in [1.54, 1.807) is 31.2 Å². The SMILES string of the molecule is CCOC(=O)CCCNC(=O)Nc1cccc(N)c1. The standard InChI is InChI=1S/C13H19N3O3/c1-2-19-12(17)7-4-8-15-13(18)16-11-6-3-5-10(14)9-11/h3,5-6,9H,2,4,7-8,14H2,1H3,(H2,15,16,18). The Labute approximate surface area is 112 Å². The van der Waals surface area contributed by atoms with Crippen molar-refractivity contribution in [3.63, 3.8) is 0 Å². The van der Waals surface area contributed by atoms with E-state index in [1.165, 1.54) is 0 Å². The number of nitrogens with two attached hydrogens (primary N) is 1. The van der Waals surface area contributed by atoms with Gasteiger partial charge in [0.2, 0.25) is 0 Å². The van der Waals surface area contributed by atoms with Crippen LogP contribution in [0.5, 0.6) is 0 Å². The first-order valence-electron chi connectivity index (χ1n) is 6.18. The molecule has 0 fully saturated rings. The summed E-state index contributed by atoms with van der Waals surface area (Å²) in [5, 5.41) is 5.30. The van der Waals surface area contributed by atoms with E-state index in [0.29, 0.717) is 37.4 Å². The van der Waals surface area contributed by atoms with Crippen molar-refractivity contribution in [3.8, 4) is 0 Å². The Morgan fingerprint density at radius 2 is 2.16 bits per heavy atom. The minimum Gasteiger partial charge on any atom is -0.466 e. The van der Waals surface area contributed by atoms with Crippen LogP contribution in [0.15, 0.2) is 24.3 Å². The zero-order valence-electron chi connectivity index (χ0n) is 10.9. The highest BCUT2D eigenvalue weighted by Crippen LogP contribution is 2.11. The van der Waals surface area contributed by atoms with Gasteiger partial charge < -0.3 is 21.1 Å². The number of benzene rings is 1. The Morgan fingerprint density at radius 1 is 1.37 bits per heavy atom. The molecule has 6 heteroatoms. The lowest BCUT2D eigenvalue weighted by molar-refractivity contribution is -0.143. The fourth-order valence-corrected chi connectivity index (χ4v) is 1.46. The van der Waals surface area contributed by atoms with Crippen molar-refractivity contribution in [2.24, 2.45) is 0 Å². The number of nitrogen functional groups attached to an aromatic ring is 1. The van der Waals surface area contributed by atoms with Crippen LogP contribution in [0.4, 0.5) is 16.2 Å². The summed E-state index contributed by atoms with van der Waals surface area (Å²) in [5.41, 5.74) is 6.81. The monoisotopic (exact) mass is 265 g/mol. The van der Waals surface area contributed by atoms with E-state index < -0.39 is 0 Å². The third-order valence-electron chi connectivity index (χ3n) is 2.29. The Kier molecular flexibility index (Phi) is 6.21. The number of carbonyl (C=O) groups excluding carboxylic acids is 2. The van der Waals surface area contributed by atoms with Crippen molar-refractivity contribution in [1.82, 2.24) is 5.32 Å². The number of amides is 2. The van der Waals surface area contributed by atoms with Gasteiger partial charge >= 0.3 is 12.0 Å². The lowest BCUT2D eigenvalue weighted by Gasteiger charge is -2.07. The second kappa shape index (κ2) is 7.97. The number of carbonyl (C=O) groups is 2. The second-order valence-electron chi connectivity index (χ2n) is 3.91. The first-order chi connectivity index (χ1) is 9.11. The van der Waals surface area contributed by atoms with Gasteiger partial charge in [-0.15, -0.1) is 0 Å². The largest absolute Gasteiger partial charge is 0.466 e. The average molecular weight is 265 g/mol. The van der Waals surface area contributed by atoms with Crippen LogP contribution in [0.2, 0.25) is 0 Å². The first kappa shape index (κ1) is 14.8. The quantitative estimate of drug-likeness (QED) is 0.415. The number of nitrogens with one attached hydrogen (secondary N) is 2. The molecule has 0 spiro atoms. The molecule has 0 heterocycles. The smallest absolute Gasteiger partial charge is 0.319 e. The molecule has 0 aliphatic heterocycles. The lowest BCUT2D eigenvalue weighted by Crippen LogP contribution is -2.29. The van der Waals surface area contributed by atoms with Crippen LogP contribution in [0.25, 0.3) is 0 Å². The summed E-state index contributed by atoms with van der Waals surface area (Å²) in [6.45, 7) is 2.55. The molecule has 0 aromatic heterocycles. The van der Waals surface area contributed by atoms with Crippen LogP contribution >= 0.6 is 0 Å². The van der Waals surface area contributed by atoms with Crippen LogP contribution in [0, 0.1) is 0 Å². The summed E-state index contributed by atoms with van der Waals surface area (Å²) in [6.07, 6.45) is 0.843. The Bertz CT molecular complexity index is 435. The molecule has 0 radical (unpaired) electrons. The van der Waals surface area contributed by atoms with Crippen LogP contribution in [-0.2, 0) is 9.53 Å². The van der Waals surface area contributed by atoms with E-state index in [0.717, 1.165) is 0 Å². The number of urea groups is 1. The molecule has 6 nitrogen and oxygen atoms in total. The number of hydrogen-bond acceptors (Lipinski definition) is 4. The van der Waals surface area contributed by atoms with E-state index in [-0.39, 0.29) is 12.0 Å². The summed E-state index contributed by atoms with van der Waals surface area (Å²) >= 11 is 0. The summed E-state index contributed by atoms with van der Waals surface area (Å²) < 4.78 is 4.78. The molecule has 0 atom stereocenters. The van der Waals surface area contributed by atoms with Crippen molar-refractivity contribution < 1.29 is 14.3 Å².